The second-order valence-electron chi connectivity index (χ2n) is 5.00. The highest BCUT2D eigenvalue weighted by Crippen LogP contribution is 2.45. The molecular weight excluding hydrogens is 246 g/mol. The molecule has 1 atom stereocenters. The molecule has 0 radical (unpaired) electrons. The fraction of sp³-hybridized carbons (Fsp3) is 0.429. The molecule has 3 rings (SSSR count). The Hall–Kier alpha value is -1.42. The predicted molar refractivity (Wildman–Crippen MR) is 72.1 cm³/mol. The van der Waals surface area contributed by atoms with E-state index in [9.17, 15) is 4.79 Å². The van der Waals surface area contributed by atoms with Crippen LogP contribution in [0.2, 0.25) is 0 Å². The van der Waals surface area contributed by atoms with Crippen molar-refractivity contribution in [3.8, 4) is 0 Å². The number of aryl methyl sites for hydroxylation is 1. The third kappa shape index (κ3) is 2.25. The summed E-state index contributed by atoms with van der Waals surface area (Å²) < 4.78 is 1.17. The average Bonchev–Trinajstić information content (AvgIpc) is 3.06. The molecule has 1 unspecified atom stereocenters. The average molecular weight is 261 g/mol. The van der Waals surface area contributed by atoms with Crippen LogP contribution in [0.3, 0.4) is 0 Å². The summed E-state index contributed by atoms with van der Waals surface area (Å²) in [6, 6.07) is 6.20. The molecule has 0 aliphatic heterocycles. The largest absolute Gasteiger partial charge is 0.481 e. The Morgan fingerprint density at radius 1 is 1.56 bits per heavy atom. The SMILES string of the molecule is Cc1nc2ccc(C(CC(=O)O)C3CC3)cc2s1. The quantitative estimate of drug-likeness (QED) is 0.915. The van der Waals surface area contributed by atoms with Gasteiger partial charge in [-0.25, -0.2) is 4.98 Å². The number of aliphatic carboxylic acids is 1. The molecule has 1 heterocycles. The first-order valence-electron chi connectivity index (χ1n) is 6.22. The van der Waals surface area contributed by atoms with Crippen molar-refractivity contribution in [1.29, 1.82) is 0 Å². The summed E-state index contributed by atoms with van der Waals surface area (Å²) in [4.78, 5) is 15.4. The first kappa shape index (κ1) is 11.7. The topological polar surface area (TPSA) is 50.2 Å². The summed E-state index contributed by atoms with van der Waals surface area (Å²) in [7, 11) is 0. The highest BCUT2D eigenvalue weighted by atomic mass is 32.1. The van der Waals surface area contributed by atoms with E-state index in [0.717, 1.165) is 28.9 Å². The van der Waals surface area contributed by atoms with Gasteiger partial charge in [0, 0.05) is 0 Å². The molecule has 18 heavy (non-hydrogen) atoms. The summed E-state index contributed by atoms with van der Waals surface area (Å²) in [5, 5.41) is 10.1. The van der Waals surface area contributed by atoms with Crippen LogP contribution in [0.5, 0.6) is 0 Å². The van der Waals surface area contributed by atoms with Crippen LogP contribution in [0, 0.1) is 12.8 Å². The maximum atomic E-state index is 11.0. The minimum absolute atomic E-state index is 0.175. The molecule has 4 heteroatoms. The van der Waals surface area contributed by atoms with E-state index in [1.165, 1.54) is 4.70 Å². The van der Waals surface area contributed by atoms with Crippen LogP contribution in [0.25, 0.3) is 10.2 Å². The Bertz CT molecular complexity index is 601. The number of hydrogen-bond acceptors (Lipinski definition) is 3. The van der Waals surface area contributed by atoms with Crippen LogP contribution >= 0.6 is 11.3 Å². The Labute approximate surface area is 109 Å². The van der Waals surface area contributed by atoms with Gasteiger partial charge in [-0.2, -0.15) is 0 Å². The third-order valence-corrected chi connectivity index (χ3v) is 4.47. The Kier molecular flexibility index (Phi) is 2.82. The van der Waals surface area contributed by atoms with Crippen molar-refractivity contribution in [2.24, 2.45) is 5.92 Å². The van der Waals surface area contributed by atoms with Crippen molar-refractivity contribution in [3.63, 3.8) is 0 Å². The molecule has 1 N–H and O–H groups in total. The van der Waals surface area contributed by atoms with Crippen molar-refractivity contribution in [2.75, 3.05) is 0 Å². The van der Waals surface area contributed by atoms with Gasteiger partial charge in [0.25, 0.3) is 0 Å². The summed E-state index contributed by atoms with van der Waals surface area (Å²) in [5.41, 5.74) is 2.18. The van der Waals surface area contributed by atoms with Crippen LogP contribution in [0.4, 0.5) is 0 Å². The monoisotopic (exact) mass is 261 g/mol. The molecule has 94 valence electrons. The zero-order chi connectivity index (χ0) is 12.7. The van der Waals surface area contributed by atoms with Crippen LogP contribution in [0.1, 0.15) is 35.8 Å². The lowest BCUT2D eigenvalue weighted by Crippen LogP contribution is -2.08. The first-order chi connectivity index (χ1) is 8.63. The van der Waals surface area contributed by atoms with Crippen LogP contribution in [-0.4, -0.2) is 16.1 Å². The van der Waals surface area contributed by atoms with E-state index < -0.39 is 5.97 Å². The fourth-order valence-corrected chi connectivity index (χ4v) is 3.41. The van der Waals surface area contributed by atoms with Gasteiger partial charge in [0.1, 0.15) is 0 Å². The predicted octanol–water partition coefficient (Wildman–Crippen LogP) is 3.57. The molecular formula is C14H15NO2S. The van der Waals surface area contributed by atoms with Gasteiger partial charge in [-0.3, -0.25) is 4.79 Å². The lowest BCUT2D eigenvalue weighted by Gasteiger charge is -2.14. The Morgan fingerprint density at radius 2 is 2.33 bits per heavy atom. The summed E-state index contributed by atoms with van der Waals surface area (Å²) in [6.07, 6.45) is 2.57. The molecule has 0 amide bonds. The standard InChI is InChI=1S/C14H15NO2S/c1-8-15-12-5-4-10(6-13(12)18-8)11(7-14(16)17)9-2-3-9/h4-6,9,11H,2-3,7H2,1H3,(H,16,17). The Morgan fingerprint density at radius 3 is 3.00 bits per heavy atom. The van der Waals surface area contributed by atoms with E-state index in [1.54, 1.807) is 11.3 Å². The molecule has 1 aromatic heterocycles. The second kappa shape index (κ2) is 4.35. The van der Waals surface area contributed by atoms with Crippen molar-refractivity contribution < 1.29 is 9.90 Å². The smallest absolute Gasteiger partial charge is 0.303 e. The molecule has 0 saturated heterocycles. The van der Waals surface area contributed by atoms with Gasteiger partial charge in [-0.05, 0) is 49.3 Å². The zero-order valence-corrected chi connectivity index (χ0v) is 11.0. The van der Waals surface area contributed by atoms with E-state index in [0.29, 0.717) is 5.92 Å². The molecule has 3 nitrogen and oxygen atoms in total. The van der Waals surface area contributed by atoms with Crippen molar-refractivity contribution in [2.45, 2.75) is 32.1 Å². The normalized spacial score (nSPS) is 16.9. The van der Waals surface area contributed by atoms with Crippen molar-refractivity contribution >= 4 is 27.5 Å². The molecule has 1 fully saturated rings. The molecule has 1 aliphatic rings. The van der Waals surface area contributed by atoms with Crippen LogP contribution < -0.4 is 0 Å². The summed E-state index contributed by atoms with van der Waals surface area (Å²) >= 11 is 1.68. The zero-order valence-electron chi connectivity index (χ0n) is 10.2. The first-order valence-corrected chi connectivity index (χ1v) is 7.04. The van der Waals surface area contributed by atoms with E-state index in [-0.39, 0.29) is 12.3 Å². The molecule has 0 spiro atoms. The van der Waals surface area contributed by atoms with Crippen molar-refractivity contribution in [1.82, 2.24) is 4.98 Å². The van der Waals surface area contributed by atoms with E-state index in [4.69, 9.17) is 5.11 Å². The number of aromatic nitrogens is 1. The number of carboxylic acids is 1. The molecule has 0 bridgehead atoms. The molecule has 1 saturated carbocycles. The van der Waals surface area contributed by atoms with Crippen LogP contribution in [0.15, 0.2) is 18.2 Å². The van der Waals surface area contributed by atoms with Gasteiger partial charge in [0.15, 0.2) is 0 Å². The maximum Gasteiger partial charge on any atom is 0.303 e. The lowest BCUT2D eigenvalue weighted by molar-refractivity contribution is -0.137. The van der Waals surface area contributed by atoms with Gasteiger partial charge in [0.2, 0.25) is 0 Å². The molecule has 1 aromatic carbocycles. The number of carboxylic acid groups (broad SMARTS) is 1. The Balaban J connectivity index is 1.97. The van der Waals surface area contributed by atoms with Gasteiger partial charge >= 0.3 is 5.97 Å². The van der Waals surface area contributed by atoms with Crippen molar-refractivity contribution in [3.05, 3.63) is 28.8 Å². The number of rotatable bonds is 4. The van der Waals surface area contributed by atoms with Gasteiger partial charge in [-0.15, -0.1) is 11.3 Å². The number of thiazole rings is 1. The van der Waals surface area contributed by atoms with Crippen LogP contribution in [-0.2, 0) is 4.79 Å². The summed E-state index contributed by atoms with van der Waals surface area (Å²) in [6.45, 7) is 2.00. The maximum absolute atomic E-state index is 11.0. The minimum Gasteiger partial charge on any atom is -0.481 e. The molecule has 1 aliphatic carbocycles. The van der Waals surface area contributed by atoms with Gasteiger partial charge in [0.05, 0.1) is 21.6 Å². The number of hydrogen-bond donors (Lipinski definition) is 1. The number of fused-ring (bicyclic) bond motifs is 1. The summed E-state index contributed by atoms with van der Waals surface area (Å²) in [5.74, 6) is 0.0364. The van der Waals surface area contributed by atoms with E-state index in [2.05, 4.69) is 11.1 Å². The highest BCUT2D eigenvalue weighted by Gasteiger charge is 2.33. The second-order valence-corrected chi connectivity index (χ2v) is 6.24. The van der Waals surface area contributed by atoms with E-state index in [1.807, 2.05) is 19.1 Å². The van der Waals surface area contributed by atoms with E-state index >= 15 is 0 Å². The third-order valence-electron chi connectivity index (χ3n) is 3.53. The van der Waals surface area contributed by atoms with Gasteiger partial charge in [-0.1, -0.05) is 6.07 Å². The lowest BCUT2D eigenvalue weighted by atomic mass is 9.91. The number of carbonyl (C=O) groups is 1. The number of nitrogens with zero attached hydrogens (tertiary/aromatic N) is 1. The highest BCUT2D eigenvalue weighted by molar-refractivity contribution is 7.18. The number of benzene rings is 1. The van der Waals surface area contributed by atoms with Gasteiger partial charge < -0.3 is 5.11 Å². The fourth-order valence-electron chi connectivity index (χ4n) is 2.53. The minimum atomic E-state index is -0.701. The molecule has 2 aromatic rings.